The molecule has 4 atom stereocenters. The number of hydrogen-bond donors (Lipinski definition) is 0. The van der Waals surface area contributed by atoms with Crippen molar-refractivity contribution in [1.82, 2.24) is 0 Å². The number of cyclic esters (lactones) is 1. The van der Waals surface area contributed by atoms with Gasteiger partial charge >= 0.3 is 5.97 Å². The number of benzene rings is 3. The van der Waals surface area contributed by atoms with Crippen LogP contribution in [0.1, 0.15) is 87.8 Å². The molecule has 5 heteroatoms. The normalized spacial score (nSPS) is 23.6. The molecular formula is C39H50O5. The first-order valence-corrected chi connectivity index (χ1v) is 16.5. The zero-order valence-electron chi connectivity index (χ0n) is 26.4. The summed E-state index contributed by atoms with van der Waals surface area (Å²) < 4.78 is 25.7. The number of esters is 1. The van der Waals surface area contributed by atoms with Crippen molar-refractivity contribution in [1.29, 1.82) is 0 Å². The van der Waals surface area contributed by atoms with Crippen molar-refractivity contribution in [2.24, 2.45) is 0 Å². The van der Waals surface area contributed by atoms with Crippen molar-refractivity contribution in [2.45, 2.75) is 115 Å². The molecule has 0 unspecified atom stereocenters. The zero-order valence-corrected chi connectivity index (χ0v) is 26.4. The van der Waals surface area contributed by atoms with Gasteiger partial charge in [-0.25, -0.2) is 4.79 Å². The van der Waals surface area contributed by atoms with Gasteiger partial charge in [0, 0.05) is 6.08 Å². The highest BCUT2D eigenvalue weighted by Crippen LogP contribution is 2.24. The van der Waals surface area contributed by atoms with Crippen LogP contribution in [0.2, 0.25) is 0 Å². The van der Waals surface area contributed by atoms with Gasteiger partial charge in [0.15, 0.2) is 0 Å². The molecule has 44 heavy (non-hydrogen) atoms. The van der Waals surface area contributed by atoms with E-state index in [4.69, 9.17) is 18.9 Å². The second-order valence-electron chi connectivity index (χ2n) is 11.9. The van der Waals surface area contributed by atoms with Crippen LogP contribution in [-0.2, 0) is 43.6 Å². The first-order valence-electron chi connectivity index (χ1n) is 16.5. The summed E-state index contributed by atoms with van der Waals surface area (Å²) in [5.74, 6) is -0.351. The summed E-state index contributed by atoms with van der Waals surface area (Å²) in [4.78, 5) is 12.9. The maximum absolute atomic E-state index is 12.9. The van der Waals surface area contributed by atoms with E-state index in [9.17, 15) is 4.79 Å². The van der Waals surface area contributed by atoms with Gasteiger partial charge in [0.2, 0.25) is 0 Å². The van der Waals surface area contributed by atoms with E-state index in [0.29, 0.717) is 19.8 Å². The fourth-order valence-electron chi connectivity index (χ4n) is 5.63. The molecule has 0 aliphatic carbocycles. The van der Waals surface area contributed by atoms with Crippen LogP contribution in [0, 0.1) is 0 Å². The predicted octanol–water partition coefficient (Wildman–Crippen LogP) is 9.15. The molecule has 0 radical (unpaired) electrons. The highest BCUT2D eigenvalue weighted by atomic mass is 16.6. The van der Waals surface area contributed by atoms with E-state index in [1.54, 1.807) is 0 Å². The Morgan fingerprint density at radius 2 is 1.05 bits per heavy atom. The van der Waals surface area contributed by atoms with Crippen molar-refractivity contribution in [2.75, 3.05) is 0 Å². The van der Waals surface area contributed by atoms with E-state index in [1.807, 2.05) is 79.7 Å². The summed E-state index contributed by atoms with van der Waals surface area (Å²) in [5, 5.41) is 0. The Labute approximate surface area is 264 Å². The molecule has 0 aromatic heterocycles. The van der Waals surface area contributed by atoms with Crippen LogP contribution < -0.4 is 0 Å². The highest BCUT2D eigenvalue weighted by molar-refractivity contribution is 5.82. The molecule has 236 valence electrons. The van der Waals surface area contributed by atoms with E-state index < -0.39 is 12.2 Å². The number of carbonyl (C=O) groups is 1. The molecule has 0 spiro atoms. The molecule has 4 rings (SSSR count). The molecular weight excluding hydrogens is 548 g/mol. The van der Waals surface area contributed by atoms with Gasteiger partial charge in [-0.05, 0) is 49.0 Å². The van der Waals surface area contributed by atoms with Crippen molar-refractivity contribution in [3.05, 3.63) is 120 Å². The lowest BCUT2D eigenvalue weighted by Crippen LogP contribution is -2.42. The highest BCUT2D eigenvalue weighted by Gasteiger charge is 2.31. The summed E-state index contributed by atoms with van der Waals surface area (Å²) in [6.45, 7) is 3.26. The van der Waals surface area contributed by atoms with Crippen molar-refractivity contribution in [3.63, 3.8) is 0 Å². The van der Waals surface area contributed by atoms with Crippen LogP contribution in [0.3, 0.4) is 0 Å². The van der Waals surface area contributed by atoms with E-state index >= 15 is 0 Å². The quantitative estimate of drug-likeness (QED) is 0.230. The average Bonchev–Trinajstić information content (AvgIpc) is 3.05. The summed E-state index contributed by atoms with van der Waals surface area (Å²) >= 11 is 0. The lowest BCUT2D eigenvalue weighted by molar-refractivity contribution is -0.144. The van der Waals surface area contributed by atoms with Crippen LogP contribution in [0.25, 0.3) is 0 Å². The third kappa shape index (κ3) is 12.8. The maximum atomic E-state index is 12.9. The van der Waals surface area contributed by atoms with Gasteiger partial charge in [-0.3, -0.25) is 0 Å². The third-order valence-electron chi connectivity index (χ3n) is 8.16. The molecule has 0 fully saturated rings. The molecule has 1 aliphatic heterocycles. The van der Waals surface area contributed by atoms with Crippen LogP contribution in [0.5, 0.6) is 0 Å². The minimum atomic E-state index is -0.526. The minimum Gasteiger partial charge on any atom is -0.460 e. The first kappa shape index (κ1) is 33.6. The fourth-order valence-corrected chi connectivity index (χ4v) is 5.63. The van der Waals surface area contributed by atoms with Gasteiger partial charge in [-0.1, -0.05) is 136 Å². The third-order valence-corrected chi connectivity index (χ3v) is 8.16. The van der Waals surface area contributed by atoms with E-state index in [2.05, 4.69) is 24.3 Å². The van der Waals surface area contributed by atoms with E-state index in [1.165, 1.54) is 38.2 Å². The fraction of sp³-hybridized carbons (Fsp3) is 0.462. The summed E-state index contributed by atoms with van der Waals surface area (Å²) in [7, 11) is 0. The Hall–Kier alpha value is -3.25. The Bertz CT molecular complexity index is 1200. The molecule has 0 saturated heterocycles. The summed E-state index contributed by atoms with van der Waals surface area (Å²) in [6.07, 6.45) is 13.1. The van der Waals surface area contributed by atoms with E-state index in [0.717, 1.165) is 48.8 Å². The SMILES string of the molecule is C[C@H]1CCCCCCCCCC[C@@H](OCc2ccccc2)[C@H](OCc2ccccc2)[C@H](OCc2ccccc2)/C=C/C(=O)O1. The summed E-state index contributed by atoms with van der Waals surface area (Å²) in [6, 6.07) is 30.5. The molecule has 0 saturated carbocycles. The van der Waals surface area contributed by atoms with E-state index in [-0.39, 0.29) is 18.2 Å². The number of rotatable bonds is 9. The Morgan fingerprint density at radius 3 is 1.59 bits per heavy atom. The standard InChI is InChI=1S/C39H50O5/c1-32-19-11-6-4-2-3-5-7-18-26-36(41-29-33-20-12-8-13-21-33)39(43-31-35-24-16-10-17-25-35)37(27-28-38(40)44-32)42-30-34-22-14-9-15-23-34/h8-10,12-17,20-25,27-28,32,36-37,39H,2-7,11,18-19,26,29-31H2,1H3/b28-27+/t32-,36+,37+,39-/m0/s1. The van der Waals surface area contributed by atoms with Crippen LogP contribution in [-0.4, -0.2) is 30.4 Å². The smallest absolute Gasteiger partial charge is 0.330 e. The number of ether oxygens (including phenoxy) is 4. The lowest BCUT2D eigenvalue weighted by Gasteiger charge is -2.33. The molecule has 3 aromatic carbocycles. The van der Waals surface area contributed by atoms with Crippen molar-refractivity contribution < 1.29 is 23.7 Å². The second-order valence-corrected chi connectivity index (χ2v) is 11.9. The van der Waals surface area contributed by atoms with Gasteiger partial charge in [-0.2, -0.15) is 0 Å². The zero-order chi connectivity index (χ0) is 30.7. The molecule has 1 heterocycles. The topological polar surface area (TPSA) is 54.0 Å². The second kappa shape index (κ2) is 19.9. The Morgan fingerprint density at radius 1 is 0.591 bits per heavy atom. The van der Waals surface area contributed by atoms with Crippen LogP contribution in [0.15, 0.2) is 103 Å². The molecule has 5 nitrogen and oxygen atoms in total. The van der Waals surface area contributed by atoms with Gasteiger partial charge in [0.05, 0.1) is 32.0 Å². The Balaban J connectivity index is 1.62. The van der Waals surface area contributed by atoms with Crippen molar-refractivity contribution >= 4 is 5.97 Å². The monoisotopic (exact) mass is 598 g/mol. The molecule has 3 aromatic rings. The molecule has 0 amide bonds. The number of hydrogen-bond acceptors (Lipinski definition) is 5. The largest absolute Gasteiger partial charge is 0.460 e. The predicted molar refractivity (Wildman–Crippen MR) is 176 cm³/mol. The van der Waals surface area contributed by atoms with Gasteiger partial charge in [-0.15, -0.1) is 0 Å². The van der Waals surface area contributed by atoms with Gasteiger partial charge in [0.1, 0.15) is 12.2 Å². The maximum Gasteiger partial charge on any atom is 0.330 e. The van der Waals surface area contributed by atoms with Gasteiger partial charge < -0.3 is 18.9 Å². The summed E-state index contributed by atoms with van der Waals surface area (Å²) in [5.41, 5.74) is 3.25. The molecule has 0 N–H and O–H groups in total. The van der Waals surface area contributed by atoms with Crippen molar-refractivity contribution in [3.8, 4) is 0 Å². The number of carbonyl (C=O) groups excluding carboxylic acids is 1. The molecule has 1 aliphatic rings. The van der Waals surface area contributed by atoms with Crippen LogP contribution in [0.4, 0.5) is 0 Å². The minimum absolute atomic E-state index is 0.123. The lowest BCUT2D eigenvalue weighted by atomic mass is 9.99. The Kier molecular flexibility index (Phi) is 15.2. The van der Waals surface area contributed by atoms with Crippen LogP contribution >= 0.6 is 0 Å². The molecule has 0 bridgehead atoms. The van der Waals surface area contributed by atoms with Gasteiger partial charge in [0.25, 0.3) is 0 Å². The first-order chi connectivity index (χ1) is 21.7. The average molecular weight is 599 g/mol.